The average Bonchev–Trinajstić information content (AvgIpc) is 3.45. The number of nitrogens with zero attached hydrogens (tertiary/aromatic N) is 4. The highest BCUT2D eigenvalue weighted by atomic mass is 35.5. The molecule has 0 aliphatic carbocycles. The Morgan fingerprint density at radius 2 is 2.30 bits per heavy atom. The highest BCUT2D eigenvalue weighted by Crippen LogP contribution is 2.31. The van der Waals surface area contributed by atoms with Gasteiger partial charge in [0.05, 0.1) is 25.6 Å². The summed E-state index contributed by atoms with van der Waals surface area (Å²) in [5.41, 5.74) is 8.78. The number of nitrogens with two attached hydrogens (primary N) is 1. The van der Waals surface area contributed by atoms with E-state index in [0.717, 1.165) is 16.5 Å². The molecule has 3 aromatic heterocycles. The van der Waals surface area contributed by atoms with Crippen molar-refractivity contribution in [1.82, 2.24) is 24.5 Å². The van der Waals surface area contributed by atoms with Gasteiger partial charge < -0.3 is 25.3 Å². The van der Waals surface area contributed by atoms with Gasteiger partial charge in [-0.1, -0.05) is 17.7 Å². The van der Waals surface area contributed by atoms with Crippen molar-refractivity contribution >= 4 is 39.5 Å². The van der Waals surface area contributed by atoms with E-state index in [9.17, 15) is 5.11 Å². The van der Waals surface area contributed by atoms with Crippen LogP contribution >= 0.6 is 11.6 Å². The summed E-state index contributed by atoms with van der Waals surface area (Å²) in [7, 11) is 0. The summed E-state index contributed by atoms with van der Waals surface area (Å²) in [4.78, 5) is 16.0. The van der Waals surface area contributed by atoms with Gasteiger partial charge in [0.2, 0.25) is 0 Å². The molecule has 4 aromatic rings. The van der Waals surface area contributed by atoms with Gasteiger partial charge in [0.25, 0.3) is 0 Å². The van der Waals surface area contributed by atoms with Gasteiger partial charge in [0.15, 0.2) is 17.0 Å². The first kappa shape index (κ1) is 16.9. The summed E-state index contributed by atoms with van der Waals surface area (Å²) in [6.07, 6.45) is 0.611. The lowest BCUT2D eigenvalue weighted by atomic mass is 10.1. The predicted molar refractivity (Wildman–Crippen MR) is 112 cm³/mol. The molecule has 0 bridgehead atoms. The zero-order valence-electron chi connectivity index (χ0n) is 17.8. The van der Waals surface area contributed by atoms with Gasteiger partial charge >= 0.3 is 6.01 Å². The molecule has 30 heavy (non-hydrogen) atoms. The van der Waals surface area contributed by atoms with Gasteiger partial charge in [0, 0.05) is 31.3 Å². The molecule has 5 rings (SSSR count). The van der Waals surface area contributed by atoms with Crippen LogP contribution in [-0.4, -0.2) is 48.9 Å². The molecule has 0 amide bonds. The Morgan fingerprint density at radius 3 is 3.13 bits per heavy atom. The van der Waals surface area contributed by atoms with Crippen LogP contribution in [0, 0.1) is 0 Å². The Labute approximate surface area is 179 Å². The minimum atomic E-state index is -0.916. The third-order valence-electron chi connectivity index (χ3n) is 5.02. The van der Waals surface area contributed by atoms with Crippen LogP contribution in [0.25, 0.3) is 22.1 Å². The number of aromatic nitrogens is 5. The molecule has 1 aromatic carbocycles. The van der Waals surface area contributed by atoms with Crippen molar-refractivity contribution < 1.29 is 17.3 Å². The molecule has 1 fully saturated rings. The van der Waals surface area contributed by atoms with Crippen LogP contribution in [0.5, 0.6) is 6.01 Å². The third kappa shape index (κ3) is 3.45. The van der Waals surface area contributed by atoms with Crippen molar-refractivity contribution in [1.29, 1.82) is 0 Å². The van der Waals surface area contributed by atoms with Gasteiger partial charge in [-0.05, 0) is 30.5 Å². The van der Waals surface area contributed by atoms with Crippen molar-refractivity contribution in [2.75, 3.05) is 18.9 Å². The Bertz CT molecular complexity index is 1280. The molecule has 0 unspecified atom stereocenters. The van der Waals surface area contributed by atoms with Crippen molar-refractivity contribution in [3.8, 4) is 6.01 Å². The fourth-order valence-corrected chi connectivity index (χ4v) is 3.71. The van der Waals surface area contributed by atoms with Gasteiger partial charge in [-0.15, -0.1) is 0 Å². The fourth-order valence-electron chi connectivity index (χ4n) is 3.54. The first-order valence-electron chi connectivity index (χ1n) is 10.6. The number of halogens is 1. The number of hydrogen-bond donors (Lipinski definition) is 3. The molecule has 1 saturated heterocycles. The summed E-state index contributed by atoms with van der Waals surface area (Å²) >= 11 is 6.03. The average molecular weight is 431 g/mol. The molecule has 4 heterocycles. The summed E-state index contributed by atoms with van der Waals surface area (Å²) in [5, 5.41) is 11.1. The van der Waals surface area contributed by atoms with Crippen molar-refractivity contribution in [3.63, 3.8) is 0 Å². The number of fused-ring (bicyclic) bond motifs is 2. The van der Waals surface area contributed by atoms with Gasteiger partial charge in [-0.3, -0.25) is 4.57 Å². The standard InChI is InChI=1S/C20H21ClN6O3/c21-12-1-3-14-11(8-23-15(14)7-12)5-6-29-20-25-18(22)17-19(26-20)27(10-24-17)16-4-2-13(9-28)30-16/h1,3,7-8,10,13,16,23,28H,2,4-6,9H2,(H2,22,25,26)/t13-,16-/m1/s1/i2D,4D/t2-,4+,13+,16+/m0. The van der Waals surface area contributed by atoms with Crippen molar-refractivity contribution in [3.05, 3.63) is 41.3 Å². The van der Waals surface area contributed by atoms with E-state index >= 15 is 0 Å². The van der Waals surface area contributed by atoms with Crippen molar-refractivity contribution in [2.24, 2.45) is 0 Å². The maximum absolute atomic E-state index is 9.40. The molecule has 1 aliphatic heterocycles. The number of aliphatic hydroxyl groups is 1. The maximum atomic E-state index is 9.40. The summed E-state index contributed by atoms with van der Waals surface area (Å²) in [5.74, 6) is 0.145. The number of imidazole rings is 1. The molecular weight excluding hydrogens is 408 g/mol. The number of anilines is 1. The molecule has 0 spiro atoms. The number of ether oxygens (including phenoxy) is 2. The molecule has 9 nitrogen and oxygen atoms in total. The van der Waals surface area contributed by atoms with E-state index in [4.69, 9.17) is 29.5 Å². The normalized spacial score (nSPS) is 25.0. The Kier molecular flexibility index (Phi) is 4.36. The number of benzene rings is 1. The van der Waals surface area contributed by atoms with Gasteiger partial charge in [-0.25, -0.2) is 4.98 Å². The van der Waals surface area contributed by atoms with E-state index in [1.165, 1.54) is 6.33 Å². The number of aliphatic hydroxyl groups excluding tert-OH is 1. The van der Waals surface area contributed by atoms with Gasteiger partial charge in [-0.2, -0.15) is 9.97 Å². The second-order valence-electron chi connectivity index (χ2n) is 6.95. The molecule has 1 aliphatic rings. The Morgan fingerprint density at radius 1 is 1.40 bits per heavy atom. The first-order valence-corrected chi connectivity index (χ1v) is 9.83. The quantitative estimate of drug-likeness (QED) is 0.429. The van der Waals surface area contributed by atoms with E-state index in [2.05, 4.69) is 19.9 Å². The lowest BCUT2D eigenvalue weighted by Gasteiger charge is -2.14. The van der Waals surface area contributed by atoms with Crippen LogP contribution in [0.15, 0.2) is 30.7 Å². The lowest BCUT2D eigenvalue weighted by Crippen LogP contribution is -2.14. The zero-order chi connectivity index (χ0) is 22.4. The molecule has 156 valence electrons. The molecule has 10 heteroatoms. The Balaban J connectivity index is 1.36. The molecule has 0 saturated carbocycles. The number of nitrogen functional groups attached to an aromatic ring is 1. The highest BCUT2D eigenvalue weighted by molar-refractivity contribution is 6.31. The van der Waals surface area contributed by atoms with Crippen LogP contribution in [-0.2, 0) is 11.2 Å². The van der Waals surface area contributed by atoms with E-state index in [0.29, 0.717) is 29.2 Å². The largest absolute Gasteiger partial charge is 0.463 e. The number of aromatic amines is 1. The Hall–Kier alpha value is -2.88. The topological polar surface area (TPSA) is 124 Å². The number of nitrogens with one attached hydrogen (secondary N) is 1. The van der Waals surface area contributed by atoms with Crippen molar-refractivity contribution in [2.45, 2.75) is 31.5 Å². The predicted octanol–water partition coefficient (Wildman–Crippen LogP) is 2.83. The number of rotatable bonds is 6. The minimum Gasteiger partial charge on any atom is -0.463 e. The van der Waals surface area contributed by atoms with Crippen LogP contribution in [0.4, 0.5) is 5.82 Å². The second-order valence-corrected chi connectivity index (χ2v) is 7.39. The summed E-state index contributed by atoms with van der Waals surface area (Å²) < 4.78 is 29.3. The van der Waals surface area contributed by atoms with E-state index in [-0.39, 0.29) is 18.4 Å². The van der Waals surface area contributed by atoms with E-state index in [1.807, 2.05) is 24.4 Å². The first-order chi connectivity index (χ1) is 15.5. The summed E-state index contributed by atoms with van der Waals surface area (Å²) in [6.45, 7) is -0.0186. The number of H-pyrrole nitrogens is 1. The smallest absolute Gasteiger partial charge is 0.320 e. The second kappa shape index (κ2) is 7.75. The third-order valence-corrected chi connectivity index (χ3v) is 5.25. The van der Waals surface area contributed by atoms with Crippen LogP contribution in [0.1, 0.15) is 27.3 Å². The molecule has 4 N–H and O–H groups in total. The lowest BCUT2D eigenvalue weighted by molar-refractivity contribution is -0.0207. The van der Waals surface area contributed by atoms with Gasteiger partial charge in [0.1, 0.15) is 6.23 Å². The maximum Gasteiger partial charge on any atom is 0.320 e. The molecule has 4 atom stereocenters. The molecular formula is C20H21ClN6O3. The van der Waals surface area contributed by atoms with E-state index < -0.39 is 25.1 Å². The zero-order valence-corrected chi connectivity index (χ0v) is 16.6. The SMILES string of the molecule is [2H][C@@H]1[C@H]([2H])[C@H](CO)O[C@H]1n1cnc2c(N)nc(OCCc3c[nH]c4cc(Cl)ccc34)nc21. The number of hydrogen-bond acceptors (Lipinski definition) is 7. The van der Waals surface area contributed by atoms with E-state index in [1.54, 1.807) is 4.57 Å². The van der Waals surface area contributed by atoms with Crippen LogP contribution < -0.4 is 10.5 Å². The highest BCUT2D eigenvalue weighted by Gasteiger charge is 2.28. The summed E-state index contributed by atoms with van der Waals surface area (Å²) in [6, 6.07) is 5.75. The van der Waals surface area contributed by atoms with Crippen LogP contribution in [0.3, 0.4) is 0 Å². The molecule has 0 radical (unpaired) electrons. The minimum absolute atomic E-state index is 0.0836. The fraction of sp³-hybridized carbons (Fsp3) is 0.350. The monoisotopic (exact) mass is 430 g/mol. The van der Waals surface area contributed by atoms with Crippen LogP contribution in [0.2, 0.25) is 5.02 Å².